The number of hydrogen-bond donors (Lipinski definition) is 1. The van der Waals surface area contributed by atoms with Gasteiger partial charge in [-0.15, -0.1) is 0 Å². The van der Waals surface area contributed by atoms with Crippen molar-refractivity contribution >= 4 is 49.9 Å². The van der Waals surface area contributed by atoms with Crippen molar-refractivity contribution in [3.05, 3.63) is 56.4 Å². The van der Waals surface area contributed by atoms with Crippen molar-refractivity contribution in [1.82, 2.24) is 9.78 Å². The van der Waals surface area contributed by atoms with Crippen molar-refractivity contribution < 1.29 is 9.18 Å². The van der Waals surface area contributed by atoms with Crippen LogP contribution in [-0.2, 0) is 7.05 Å². The average molecular weight is 397 g/mol. The summed E-state index contributed by atoms with van der Waals surface area (Å²) in [6.07, 6.45) is 0. The van der Waals surface area contributed by atoms with E-state index < -0.39 is 11.6 Å². The van der Waals surface area contributed by atoms with Gasteiger partial charge in [-0.05, 0) is 47.1 Å². The topological polar surface area (TPSA) is 60.9 Å². The summed E-state index contributed by atoms with van der Waals surface area (Å²) in [6.45, 7) is 1.91. The summed E-state index contributed by atoms with van der Waals surface area (Å²) in [6, 6.07) is 5.34. The molecule has 0 unspecified atom stereocenters. The fourth-order valence-corrected chi connectivity index (χ4v) is 3.37. The number of benzene rings is 2. The van der Waals surface area contributed by atoms with E-state index in [1.807, 2.05) is 14.0 Å². The number of nitrogen functional groups attached to an aromatic ring is 1. The van der Waals surface area contributed by atoms with Gasteiger partial charge in [0.1, 0.15) is 11.3 Å². The minimum atomic E-state index is -0.540. The largest absolute Gasteiger partial charge is 0.398 e. The lowest BCUT2D eigenvalue weighted by molar-refractivity contribution is 0.103. The van der Waals surface area contributed by atoms with Crippen LogP contribution in [-0.4, -0.2) is 15.6 Å². The third-order valence-corrected chi connectivity index (χ3v) is 4.90. The van der Waals surface area contributed by atoms with Crippen LogP contribution in [0.4, 0.5) is 10.1 Å². The highest BCUT2D eigenvalue weighted by molar-refractivity contribution is 9.10. The molecule has 0 radical (unpaired) electrons. The van der Waals surface area contributed by atoms with Gasteiger partial charge in [0.05, 0.1) is 15.1 Å². The Bertz CT molecular complexity index is 968. The van der Waals surface area contributed by atoms with Crippen molar-refractivity contribution in [3.63, 3.8) is 0 Å². The first-order chi connectivity index (χ1) is 10.8. The number of hydrogen-bond acceptors (Lipinski definition) is 3. The molecule has 3 aromatic rings. The quantitative estimate of drug-likeness (QED) is 0.520. The summed E-state index contributed by atoms with van der Waals surface area (Å²) in [5.74, 6) is -0.994. The van der Waals surface area contributed by atoms with E-state index in [1.165, 1.54) is 12.1 Å². The van der Waals surface area contributed by atoms with Gasteiger partial charge in [0.15, 0.2) is 5.78 Å². The van der Waals surface area contributed by atoms with Crippen LogP contribution >= 0.6 is 27.5 Å². The van der Waals surface area contributed by atoms with Crippen LogP contribution in [0.15, 0.2) is 28.7 Å². The van der Waals surface area contributed by atoms with Crippen LogP contribution in [0.2, 0.25) is 5.02 Å². The minimum Gasteiger partial charge on any atom is -0.398 e. The molecule has 0 bridgehead atoms. The number of nitrogens with zero attached hydrogens (tertiary/aromatic N) is 2. The van der Waals surface area contributed by atoms with E-state index in [0.717, 1.165) is 17.1 Å². The number of carbonyl (C=O) groups excluding carboxylic acids is 1. The highest BCUT2D eigenvalue weighted by atomic mass is 79.9. The normalized spacial score (nSPS) is 11.2. The molecule has 0 aliphatic carbocycles. The molecule has 0 atom stereocenters. The van der Waals surface area contributed by atoms with E-state index >= 15 is 0 Å². The highest BCUT2D eigenvalue weighted by Crippen LogP contribution is 2.35. The number of nitrogens with two attached hydrogens (primary N) is 1. The predicted molar refractivity (Wildman–Crippen MR) is 92.4 cm³/mol. The predicted octanol–water partition coefficient (Wildman–Crippen LogP) is 4.25. The van der Waals surface area contributed by atoms with Gasteiger partial charge < -0.3 is 5.73 Å². The summed E-state index contributed by atoms with van der Waals surface area (Å²) >= 11 is 9.44. The summed E-state index contributed by atoms with van der Waals surface area (Å²) in [5.41, 5.74) is 8.18. The van der Waals surface area contributed by atoms with E-state index in [4.69, 9.17) is 17.3 Å². The molecule has 3 rings (SSSR count). The number of fused-ring (bicyclic) bond motifs is 1. The molecular formula is C16H12BrClFN3O. The third-order valence-electron chi connectivity index (χ3n) is 3.80. The average Bonchev–Trinajstić information content (AvgIpc) is 2.78. The van der Waals surface area contributed by atoms with Gasteiger partial charge in [0, 0.05) is 29.4 Å². The Morgan fingerprint density at radius 2 is 2.09 bits per heavy atom. The maximum atomic E-state index is 13.5. The van der Waals surface area contributed by atoms with Crippen LogP contribution in [0, 0.1) is 12.7 Å². The van der Waals surface area contributed by atoms with E-state index in [2.05, 4.69) is 21.0 Å². The second-order valence-corrected chi connectivity index (χ2v) is 6.41. The van der Waals surface area contributed by atoms with Crippen molar-refractivity contribution in [2.24, 2.45) is 7.05 Å². The molecule has 4 nitrogen and oxygen atoms in total. The zero-order valence-electron chi connectivity index (χ0n) is 12.3. The number of aryl methyl sites for hydroxylation is 2. The number of anilines is 1. The van der Waals surface area contributed by atoms with Crippen molar-refractivity contribution in [3.8, 4) is 0 Å². The third kappa shape index (κ3) is 2.52. The Hall–Kier alpha value is -1.92. The monoisotopic (exact) mass is 395 g/mol. The molecule has 0 saturated carbocycles. The Morgan fingerprint density at radius 1 is 1.39 bits per heavy atom. The first-order valence-electron chi connectivity index (χ1n) is 6.72. The van der Waals surface area contributed by atoms with Crippen molar-refractivity contribution in [1.29, 1.82) is 0 Å². The molecule has 0 aliphatic rings. The van der Waals surface area contributed by atoms with E-state index in [1.54, 1.807) is 10.7 Å². The van der Waals surface area contributed by atoms with E-state index in [-0.39, 0.29) is 21.8 Å². The number of carbonyl (C=O) groups is 1. The minimum absolute atomic E-state index is 0.0612. The van der Waals surface area contributed by atoms with E-state index in [9.17, 15) is 9.18 Å². The Balaban J connectivity index is 2.27. The van der Waals surface area contributed by atoms with Crippen LogP contribution in [0.3, 0.4) is 0 Å². The summed E-state index contributed by atoms with van der Waals surface area (Å²) in [5, 5.41) is 5.40. The van der Waals surface area contributed by atoms with E-state index in [0.29, 0.717) is 9.99 Å². The molecule has 1 aromatic heterocycles. The fraction of sp³-hybridized carbons (Fsp3) is 0.125. The number of ketones is 1. The lowest BCUT2D eigenvalue weighted by Gasteiger charge is -2.10. The Morgan fingerprint density at radius 3 is 2.78 bits per heavy atom. The second kappa shape index (κ2) is 5.62. The zero-order valence-corrected chi connectivity index (χ0v) is 14.7. The SMILES string of the molecule is Cc1c2cc(N)c(C(=O)c3cc(F)ccc3Cl)c(Br)c2nn1C. The molecule has 23 heavy (non-hydrogen) atoms. The van der Waals surface area contributed by atoms with Crippen LogP contribution < -0.4 is 5.73 Å². The molecule has 118 valence electrons. The van der Waals surface area contributed by atoms with Gasteiger partial charge >= 0.3 is 0 Å². The molecule has 7 heteroatoms. The maximum absolute atomic E-state index is 13.5. The molecule has 0 amide bonds. The standard InChI is InChI=1S/C16H12BrClFN3O/c1-7-9-6-12(20)13(14(17)15(9)21-22(7)2)16(23)10-5-8(19)3-4-11(10)18/h3-6H,20H2,1-2H3. The Kier molecular flexibility index (Phi) is 3.90. The molecule has 2 N–H and O–H groups in total. The first kappa shape index (κ1) is 16.0. The smallest absolute Gasteiger partial charge is 0.197 e. The zero-order chi connectivity index (χ0) is 16.9. The van der Waals surface area contributed by atoms with Crippen LogP contribution in [0.5, 0.6) is 0 Å². The van der Waals surface area contributed by atoms with Gasteiger partial charge in [0.2, 0.25) is 0 Å². The van der Waals surface area contributed by atoms with Crippen molar-refractivity contribution in [2.75, 3.05) is 5.73 Å². The summed E-state index contributed by atoms with van der Waals surface area (Å²) in [7, 11) is 1.81. The Labute approximate surface area is 145 Å². The van der Waals surface area contributed by atoms with Gasteiger partial charge in [-0.2, -0.15) is 5.10 Å². The van der Waals surface area contributed by atoms with Crippen LogP contribution in [0.1, 0.15) is 21.6 Å². The van der Waals surface area contributed by atoms with Gasteiger partial charge in [-0.25, -0.2) is 4.39 Å². The highest BCUT2D eigenvalue weighted by Gasteiger charge is 2.23. The molecule has 1 heterocycles. The lowest BCUT2D eigenvalue weighted by Crippen LogP contribution is -2.08. The fourth-order valence-electron chi connectivity index (χ4n) is 2.47. The van der Waals surface area contributed by atoms with Crippen LogP contribution in [0.25, 0.3) is 10.9 Å². The maximum Gasteiger partial charge on any atom is 0.197 e. The van der Waals surface area contributed by atoms with Gasteiger partial charge in [-0.1, -0.05) is 11.6 Å². The van der Waals surface area contributed by atoms with Gasteiger partial charge in [0.25, 0.3) is 0 Å². The summed E-state index contributed by atoms with van der Waals surface area (Å²) < 4.78 is 15.6. The molecular weight excluding hydrogens is 385 g/mol. The van der Waals surface area contributed by atoms with Crippen molar-refractivity contribution in [2.45, 2.75) is 6.92 Å². The molecule has 2 aromatic carbocycles. The number of aromatic nitrogens is 2. The number of halogens is 3. The van der Waals surface area contributed by atoms with Gasteiger partial charge in [-0.3, -0.25) is 9.48 Å². The summed E-state index contributed by atoms with van der Waals surface area (Å²) in [4.78, 5) is 12.8. The first-order valence-corrected chi connectivity index (χ1v) is 7.89. The second-order valence-electron chi connectivity index (χ2n) is 5.21. The molecule has 0 fully saturated rings. The number of rotatable bonds is 2. The molecule has 0 spiro atoms. The molecule has 0 saturated heterocycles. The molecule has 0 aliphatic heterocycles. The lowest BCUT2D eigenvalue weighted by atomic mass is 9.99.